The number of hydrogen-bond acceptors (Lipinski definition) is 1. The van der Waals surface area contributed by atoms with Crippen LogP contribution >= 0.6 is 0 Å². The van der Waals surface area contributed by atoms with E-state index < -0.39 is 0 Å². The third-order valence-corrected chi connectivity index (χ3v) is 2.21. The molecule has 1 nitrogen and oxygen atoms in total. The molecular weight excluding hydrogens is 172 g/mol. The van der Waals surface area contributed by atoms with Crippen LogP contribution in [0.25, 0.3) is 6.08 Å². The van der Waals surface area contributed by atoms with Crippen LogP contribution in [0.15, 0.2) is 30.3 Å². The first-order valence-corrected chi connectivity index (χ1v) is 5.23. The molecule has 1 heteroatoms. The maximum atomic E-state index is 8.61. The lowest BCUT2D eigenvalue weighted by atomic mass is 10.1. The molecule has 0 radical (unpaired) electrons. The van der Waals surface area contributed by atoms with Gasteiger partial charge in [0.2, 0.25) is 0 Å². The number of aryl methyl sites for hydroxylation is 1. The predicted octanol–water partition coefficient (Wildman–Crippen LogP) is 3.03. The SMILES string of the molecule is CCCCc1ccc(/C=C/CO)cc1. The second-order valence-corrected chi connectivity index (χ2v) is 3.43. The van der Waals surface area contributed by atoms with Crippen molar-refractivity contribution in [2.24, 2.45) is 0 Å². The smallest absolute Gasteiger partial charge is 0.0615 e. The highest BCUT2D eigenvalue weighted by Crippen LogP contribution is 2.08. The molecule has 76 valence electrons. The summed E-state index contributed by atoms with van der Waals surface area (Å²) >= 11 is 0. The van der Waals surface area contributed by atoms with Gasteiger partial charge in [0.15, 0.2) is 0 Å². The van der Waals surface area contributed by atoms with Crippen molar-refractivity contribution in [2.75, 3.05) is 6.61 Å². The molecule has 0 heterocycles. The van der Waals surface area contributed by atoms with Crippen molar-refractivity contribution in [1.82, 2.24) is 0 Å². The van der Waals surface area contributed by atoms with Crippen LogP contribution in [0.2, 0.25) is 0 Å². The van der Waals surface area contributed by atoms with Gasteiger partial charge in [0.25, 0.3) is 0 Å². The normalized spacial score (nSPS) is 11.0. The quantitative estimate of drug-likeness (QED) is 0.756. The van der Waals surface area contributed by atoms with E-state index in [1.165, 1.54) is 24.8 Å². The Kier molecular flexibility index (Phi) is 5.02. The Morgan fingerprint density at radius 2 is 1.93 bits per heavy atom. The number of aliphatic hydroxyl groups excluding tert-OH is 1. The zero-order chi connectivity index (χ0) is 10.2. The standard InChI is InChI=1S/C13H18O/c1-2-3-5-12-7-9-13(10-8-12)6-4-11-14/h4,6-10,14H,2-3,5,11H2,1H3/b6-4+. The van der Waals surface area contributed by atoms with Gasteiger partial charge in [-0.1, -0.05) is 49.8 Å². The molecule has 1 rings (SSSR count). The summed E-state index contributed by atoms with van der Waals surface area (Å²) in [6.45, 7) is 2.32. The van der Waals surface area contributed by atoms with Crippen LogP contribution in [0.1, 0.15) is 30.9 Å². The van der Waals surface area contributed by atoms with Crippen molar-refractivity contribution in [3.8, 4) is 0 Å². The molecular formula is C13H18O. The van der Waals surface area contributed by atoms with Gasteiger partial charge >= 0.3 is 0 Å². The summed E-state index contributed by atoms with van der Waals surface area (Å²) in [6.07, 6.45) is 7.35. The maximum Gasteiger partial charge on any atom is 0.0615 e. The van der Waals surface area contributed by atoms with Gasteiger partial charge in [0.1, 0.15) is 0 Å². The average molecular weight is 190 g/mol. The molecule has 0 unspecified atom stereocenters. The Bertz CT molecular complexity index is 272. The molecule has 0 fully saturated rings. The van der Waals surface area contributed by atoms with Crippen LogP contribution < -0.4 is 0 Å². The second-order valence-electron chi connectivity index (χ2n) is 3.43. The van der Waals surface area contributed by atoms with Gasteiger partial charge in [-0.3, -0.25) is 0 Å². The van der Waals surface area contributed by atoms with Gasteiger partial charge in [-0.2, -0.15) is 0 Å². The fourth-order valence-electron chi connectivity index (χ4n) is 1.37. The molecule has 0 amide bonds. The van der Waals surface area contributed by atoms with E-state index in [2.05, 4.69) is 31.2 Å². The van der Waals surface area contributed by atoms with Crippen LogP contribution in [0.5, 0.6) is 0 Å². The van der Waals surface area contributed by atoms with Gasteiger partial charge in [-0.05, 0) is 24.0 Å². The van der Waals surface area contributed by atoms with Crippen molar-refractivity contribution in [1.29, 1.82) is 0 Å². The first kappa shape index (κ1) is 11.0. The predicted molar refractivity (Wildman–Crippen MR) is 61.2 cm³/mol. The number of hydrogen-bond donors (Lipinski definition) is 1. The minimum atomic E-state index is 0.109. The molecule has 14 heavy (non-hydrogen) atoms. The van der Waals surface area contributed by atoms with E-state index in [1.807, 2.05) is 6.08 Å². The molecule has 0 aliphatic carbocycles. The van der Waals surface area contributed by atoms with E-state index >= 15 is 0 Å². The molecule has 0 bridgehead atoms. The highest BCUT2D eigenvalue weighted by molar-refractivity contribution is 5.49. The summed E-state index contributed by atoms with van der Waals surface area (Å²) in [5.74, 6) is 0. The zero-order valence-electron chi connectivity index (χ0n) is 8.74. The van der Waals surface area contributed by atoms with Crippen molar-refractivity contribution < 1.29 is 5.11 Å². The summed E-state index contributed by atoms with van der Waals surface area (Å²) < 4.78 is 0. The lowest BCUT2D eigenvalue weighted by molar-refractivity contribution is 0.343. The van der Waals surface area contributed by atoms with Crippen molar-refractivity contribution in [3.63, 3.8) is 0 Å². The first-order chi connectivity index (χ1) is 6.86. The molecule has 1 aromatic carbocycles. The summed E-state index contributed by atoms with van der Waals surface area (Å²) in [7, 11) is 0. The molecule has 0 saturated carbocycles. The number of benzene rings is 1. The van der Waals surface area contributed by atoms with E-state index in [-0.39, 0.29) is 6.61 Å². The number of aliphatic hydroxyl groups is 1. The van der Waals surface area contributed by atoms with E-state index in [0.717, 1.165) is 5.56 Å². The van der Waals surface area contributed by atoms with Crippen LogP contribution in [-0.4, -0.2) is 11.7 Å². The Balaban J connectivity index is 2.54. The summed E-state index contributed by atoms with van der Waals surface area (Å²) in [5.41, 5.74) is 2.55. The molecule has 0 atom stereocenters. The van der Waals surface area contributed by atoms with Crippen molar-refractivity contribution in [2.45, 2.75) is 26.2 Å². The molecule has 0 saturated heterocycles. The largest absolute Gasteiger partial charge is 0.392 e. The maximum absolute atomic E-state index is 8.61. The fraction of sp³-hybridized carbons (Fsp3) is 0.385. The molecule has 0 aromatic heterocycles. The van der Waals surface area contributed by atoms with Gasteiger partial charge < -0.3 is 5.11 Å². The Morgan fingerprint density at radius 1 is 1.21 bits per heavy atom. The van der Waals surface area contributed by atoms with Crippen LogP contribution in [0.4, 0.5) is 0 Å². The van der Waals surface area contributed by atoms with Crippen LogP contribution in [-0.2, 0) is 6.42 Å². The van der Waals surface area contributed by atoms with Crippen molar-refractivity contribution in [3.05, 3.63) is 41.5 Å². The van der Waals surface area contributed by atoms with E-state index in [1.54, 1.807) is 6.08 Å². The third-order valence-electron chi connectivity index (χ3n) is 2.21. The fourth-order valence-corrected chi connectivity index (χ4v) is 1.37. The van der Waals surface area contributed by atoms with Crippen molar-refractivity contribution >= 4 is 6.08 Å². The Morgan fingerprint density at radius 3 is 2.50 bits per heavy atom. The first-order valence-electron chi connectivity index (χ1n) is 5.23. The highest BCUT2D eigenvalue weighted by Gasteiger charge is 1.91. The molecule has 1 N–H and O–H groups in total. The molecule has 1 aromatic rings. The van der Waals surface area contributed by atoms with Gasteiger partial charge in [-0.15, -0.1) is 0 Å². The monoisotopic (exact) mass is 190 g/mol. The third kappa shape index (κ3) is 3.75. The minimum Gasteiger partial charge on any atom is -0.392 e. The van der Waals surface area contributed by atoms with E-state index in [4.69, 9.17) is 5.11 Å². The lowest BCUT2D eigenvalue weighted by Gasteiger charge is -2.00. The Labute approximate surface area is 86.1 Å². The van der Waals surface area contributed by atoms with E-state index in [0.29, 0.717) is 0 Å². The summed E-state index contributed by atoms with van der Waals surface area (Å²) in [6, 6.07) is 8.51. The highest BCUT2D eigenvalue weighted by atomic mass is 16.2. The Hall–Kier alpha value is -1.08. The van der Waals surface area contributed by atoms with Crippen LogP contribution in [0.3, 0.4) is 0 Å². The molecule has 0 aliphatic rings. The molecule has 0 spiro atoms. The zero-order valence-corrected chi connectivity index (χ0v) is 8.74. The second kappa shape index (κ2) is 6.39. The number of rotatable bonds is 5. The van der Waals surface area contributed by atoms with E-state index in [9.17, 15) is 0 Å². The van der Waals surface area contributed by atoms with Gasteiger partial charge in [0.05, 0.1) is 6.61 Å². The summed E-state index contributed by atoms with van der Waals surface area (Å²) in [4.78, 5) is 0. The lowest BCUT2D eigenvalue weighted by Crippen LogP contribution is -1.84. The summed E-state index contributed by atoms with van der Waals surface area (Å²) in [5, 5.41) is 8.61. The van der Waals surface area contributed by atoms with Crippen LogP contribution in [0, 0.1) is 0 Å². The van der Waals surface area contributed by atoms with Gasteiger partial charge in [-0.25, -0.2) is 0 Å². The minimum absolute atomic E-state index is 0.109. The number of unbranched alkanes of at least 4 members (excludes halogenated alkanes) is 1. The molecule has 0 aliphatic heterocycles. The average Bonchev–Trinajstić information content (AvgIpc) is 2.25. The topological polar surface area (TPSA) is 20.2 Å². The van der Waals surface area contributed by atoms with Gasteiger partial charge in [0, 0.05) is 0 Å².